The van der Waals surface area contributed by atoms with Crippen LogP contribution in [-0.2, 0) is 4.84 Å². The largest absolute Gasteiger partial charge is 0.516 e. The monoisotopic (exact) mass is 408 g/mol. The summed E-state index contributed by atoms with van der Waals surface area (Å²) in [5.74, 6) is 0.269. The molecule has 0 rings (SSSR count). The number of aliphatic hydroxyl groups excluding tert-OH is 1. The molecule has 0 heterocycles. The number of likely N-dealkylation sites (N-methyl/N-ethyl adjacent to an activating group) is 1. The first kappa shape index (κ1) is 15.7. The van der Waals surface area contributed by atoms with E-state index < -0.39 is 0 Å². The molecule has 1 atom stereocenters. The van der Waals surface area contributed by atoms with Gasteiger partial charge in [-0.05, 0) is 19.4 Å². The van der Waals surface area contributed by atoms with Crippen molar-refractivity contribution >= 4 is 0 Å². The normalized spacial score (nSPS) is 14.5. The topological polar surface area (TPSA) is 32.7 Å². The zero-order valence-electron chi connectivity index (χ0n) is 8.53. The zero-order valence-corrected chi connectivity index (χ0v) is 12.7. The van der Waals surface area contributed by atoms with E-state index in [1.54, 1.807) is 33.1 Å². The quantitative estimate of drug-likeness (QED) is 0.437. The Kier molecular flexibility index (Phi) is 9.23. The van der Waals surface area contributed by atoms with Crippen molar-refractivity contribution in [3.05, 3.63) is 24.0 Å². The number of nitrogens with zero attached hydrogens (tertiary/aromatic N) is 1. The summed E-state index contributed by atoms with van der Waals surface area (Å²) in [6.07, 6.45) is 1.47. The van der Waals surface area contributed by atoms with Gasteiger partial charge < -0.3 is 16.5 Å². The fourth-order valence-corrected chi connectivity index (χ4v) is 0.866. The second kappa shape index (κ2) is 7.64. The molecule has 0 aliphatic heterocycles. The van der Waals surface area contributed by atoms with Crippen LogP contribution in [0.5, 0.6) is 0 Å². The number of hydrogen-bond donors (Lipinski definition) is 1. The molecular weight excluding hydrogens is 392 g/mol. The second-order valence-corrected chi connectivity index (χ2v) is 2.63. The Labute approximate surface area is 104 Å². The van der Waals surface area contributed by atoms with Gasteiger partial charge >= 0.3 is 0 Å². The first-order chi connectivity index (χ1) is 5.54. The van der Waals surface area contributed by atoms with Crippen LogP contribution in [0.1, 0.15) is 13.8 Å². The van der Waals surface area contributed by atoms with Crippen LogP contribution in [0.4, 0.5) is 0 Å². The molecular formula is C9H16NO2U-. The van der Waals surface area contributed by atoms with Crippen LogP contribution >= 0.6 is 0 Å². The van der Waals surface area contributed by atoms with Crippen LogP contribution in [0.3, 0.4) is 0 Å². The average Bonchev–Trinajstić information content (AvgIpc) is 2.05. The predicted octanol–water partition coefficient (Wildman–Crippen LogP) is 1.69. The van der Waals surface area contributed by atoms with Gasteiger partial charge in [-0.2, -0.15) is 5.06 Å². The molecule has 3 nitrogen and oxygen atoms in total. The summed E-state index contributed by atoms with van der Waals surface area (Å²) in [4.78, 5) is 4.95. The minimum atomic E-state index is -0.181. The molecule has 1 N–H and O–H groups in total. The standard InChI is InChI=1S/C9H16NO2.U/c1-6-9(10(4)12-5)7(2)8(3)11;/h1,6,9,11H,2-5H3;/q-1;/b8-7-;/t9-;/m1./s1. The maximum absolute atomic E-state index is 9.19. The smallest absolute Gasteiger partial charge is 0.0899 e. The molecule has 0 aromatic carbocycles. The SMILES string of the molecule is [CH-]=C[C@H](/C(C)=C(/C)O)N(C)OC.[U]. The van der Waals surface area contributed by atoms with E-state index in [9.17, 15) is 5.11 Å². The van der Waals surface area contributed by atoms with Gasteiger partial charge in [-0.1, -0.05) is 0 Å². The minimum absolute atomic E-state index is 0. The third kappa shape index (κ3) is 4.88. The Balaban J connectivity index is 0. The van der Waals surface area contributed by atoms with Crippen molar-refractivity contribution in [3.63, 3.8) is 0 Å². The molecule has 0 saturated heterocycles. The third-order valence-electron chi connectivity index (χ3n) is 1.88. The Morgan fingerprint density at radius 1 is 1.54 bits per heavy atom. The first-order valence-electron chi connectivity index (χ1n) is 3.73. The summed E-state index contributed by atoms with van der Waals surface area (Å²) in [5.41, 5.74) is 0.779. The minimum Gasteiger partial charge on any atom is -0.516 e. The summed E-state index contributed by atoms with van der Waals surface area (Å²) in [5, 5.41) is 10.8. The van der Waals surface area contributed by atoms with Gasteiger partial charge in [0.05, 0.1) is 12.9 Å². The van der Waals surface area contributed by atoms with Crippen LogP contribution in [0, 0.1) is 37.7 Å². The molecule has 0 amide bonds. The van der Waals surface area contributed by atoms with Crippen molar-refractivity contribution in [1.82, 2.24) is 5.06 Å². The van der Waals surface area contributed by atoms with Crippen molar-refractivity contribution in [2.24, 2.45) is 0 Å². The summed E-state index contributed by atoms with van der Waals surface area (Å²) < 4.78 is 0. The van der Waals surface area contributed by atoms with E-state index in [1.807, 2.05) is 0 Å². The molecule has 0 aromatic heterocycles. The number of hydrogen-bond acceptors (Lipinski definition) is 3. The van der Waals surface area contributed by atoms with Crippen molar-refractivity contribution < 1.29 is 41.1 Å². The Bertz CT molecular complexity index is 188. The van der Waals surface area contributed by atoms with E-state index in [-0.39, 0.29) is 42.9 Å². The molecule has 0 aliphatic rings. The summed E-state index contributed by atoms with van der Waals surface area (Å²) in [6.45, 7) is 8.82. The van der Waals surface area contributed by atoms with E-state index in [0.717, 1.165) is 5.57 Å². The summed E-state index contributed by atoms with van der Waals surface area (Å²) >= 11 is 0. The van der Waals surface area contributed by atoms with Crippen molar-refractivity contribution in [2.45, 2.75) is 19.9 Å². The van der Waals surface area contributed by atoms with Crippen LogP contribution < -0.4 is 0 Å². The van der Waals surface area contributed by atoms with Crippen LogP contribution in [0.25, 0.3) is 0 Å². The Hall–Kier alpha value is 0.252. The number of aliphatic hydroxyl groups is 1. The van der Waals surface area contributed by atoms with Gasteiger partial charge in [-0.3, -0.25) is 0 Å². The molecule has 0 fully saturated rings. The third-order valence-corrected chi connectivity index (χ3v) is 1.88. The Morgan fingerprint density at radius 2 is 2.00 bits per heavy atom. The van der Waals surface area contributed by atoms with E-state index in [1.165, 1.54) is 6.08 Å². The molecule has 13 heavy (non-hydrogen) atoms. The molecule has 4 heteroatoms. The predicted molar refractivity (Wildman–Crippen MR) is 48.4 cm³/mol. The van der Waals surface area contributed by atoms with Crippen molar-refractivity contribution in [2.75, 3.05) is 14.2 Å². The molecule has 0 saturated carbocycles. The van der Waals surface area contributed by atoms with E-state index in [4.69, 9.17) is 11.4 Å². The number of rotatable bonds is 4. The molecule has 0 spiro atoms. The summed E-state index contributed by atoms with van der Waals surface area (Å²) in [6, 6.07) is -0.181. The van der Waals surface area contributed by atoms with Crippen molar-refractivity contribution in [1.29, 1.82) is 0 Å². The van der Waals surface area contributed by atoms with Gasteiger partial charge in [-0.15, -0.1) is 0 Å². The number of allylic oxidation sites excluding steroid dienone is 1. The van der Waals surface area contributed by atoms with Crippen LogP contribution in [-0.4, -0.2) is 30.4 Å². The fourth-order valence-electron chi connectivity index (χ4n) is 0.866. The number of hydroxylamine groups is 2. The van der Waals surface area contributed by atoms with E-state index >= 15 is 0 Å². The van der Waals surface area contributed by atoms with Gasteiger partial charge in [0.1, 0.15) is 0 Å². The maximum atomic E-state index is 9.19. The maximum Gasteiger partial charge on any atom is 0.0899 e. The summed E-state index contributed by atoms with van der Waals surface area (Å²) in [7, 11) is 3.30. The molecule has 0 unspecified atom stereocenters. The van der Waals surface area contributed by atoms with E-state index in [0.29, 0.717) is 0 Å². The van der Waals surface area contributed by atoms with Crippen molar-refractivity contribution in [3.8, 4) is 0 Å². The van der Waals surface area contributed by atoms with Gasteiger partial charge in [0, 0.05) is 44.2 Å². The van der Waals surface area contributed by atoms with Crippen LogP contribution in [0.2, 0.25) is 0 Å². The first-order valence-corrected chi connectivity index (χ1v) is 3.73. The second-order valence-electron chi connectivity index (χ2n) is 2.63. The van der Waals surface area contributed by atoms with Crippen LogP contribution in [0.15, 0.2) is 17.4 Å². The van der Waals surface area contributed by atoms with Gasteiger partial charge in [-0.25, -0.2) is 6.08 Å². The fraction of sp³-hybridized carbons (Fsp3) is 0.556. The van der Waals surface area contributed by atoms with Gasteiger partial charge in [0.25, 0.3) is 0 Å². The zero-order chi connectivity index (χ0) is 9.72. The van der Waals surface area contributed by atoms with Gasteiger partial charge in [0.2, 0.25) is 0 Å². The van der Waals surface area contributed by atoms with Gasteiger partial charge in [0.15, 0.2) is 0 Å². The molecule has 0 aromatic rings. The van der Waals surface area contributed by atoms with E-state index in [2.05, 4.69) is 0 Å². The molecule has 0 radical (unpaired) electrons. The molecule has 0 aliphatic carbocycles. The Morgan fingerprint density at radius 3 is 2.23 bits per heavy atom. The molecule has 74 valence electrons. The molecule has 0 bridgehead atoms. The average molecular weight is 408 g/mol.